The van der Waals surface area contributed by atoms with Gasteiger partial charge >= 0.3 is 0 Å². The Kier molecular flexibility index (Phi) is 6.87. The van der Waals surface area contributed by atoms with E-state index in [1.54, 1.807) is 55.5 Å². The molecule has 0 saturated heterocycles. The molecule has 0 bridgehead atoms. The molecule has 3 aromatic rings. The highest BCUT2D eigenvalue weighted by Gasteiger charge is 2.25. The monoisotopic (exact) mass is 458 g/mol. The molecule has 0 radical (unpaired) electrons. The Bertz CT molecular complexity index is 1210. The number of methoxy groups -OCH3 is 1. The van der Waals surface area contributed by atoms with Gasteiger partial charge in [-0.05, 0) is 54.4 Å². The summed E-state index contributed by atoms with van der Waals surface area (Å²) in [5.41, 5.74) is 2.20. The number of carbonyl (C=O) groups excluding carboxylic acids is 1. The zero-order valence-electron chi connectivity index (χ0n) is 17.4. The summed E-state index contributed by atoms with van der Waals surface area (Å²) in [6.07, 6.45) is 0. The Labute approximate surface area is 187 Å². The maximum Gasteiger partial charge on any atom is 0.264 e. The summed E-state index contributed by atoms with van der Waals surface area (Å²) in [6.45, 7) is 2.03. The number of halogens is 1. The van der Waals surface area contributed by atoms with Crippen LogP contribution in [-0.2, 0) is 16.6 Å². The zero-order valence-corrected chi connectivity index (χ0v) is 19.0. The summed E-state index contributed by atoms with van der Waals surface area (Å²) in [5, 5.41) is 3.39. The third kappa shape index (κ3) is 5.00. The van der Waals surface area contributed by atoms with Crippen molar-refractivity contribution in [2.24, 2.45) is 0 Å². The Hall–Kier alpha value is -3.03. The maximum atomic E-state index is 13.2. The number of carbonyl (C=O) groups is 1. The number of sulfonamides is 1. The van der Waals surface area contributed by atoms with Crippen LogP contribution in [0.5, 0.6) is 5.75 Å². The van der Waals surface area contributed by atoms with Crippen molar-refractivity contribution in [2.45, 2.75) is 18.4 Å². The normalized spacial score (nSPS) is 11.1. The summed E-state index contributed by atoms with van der Waals surface area (Å²) in [7, 11) is -0.984. The fraction of sp³-hybridized carbons (Fsp3) is 0.174. The lowest BCUT2D eigenvalue weighted by Crippen LogP contribution is -2.28. The van der Waals surface area contributed by atoms with Crippen molar-refractivity contribution in [1.29, 1.82) is 0 Å². The van der Waals surface area contributed by atoms with Crippen LogP contribution >= 0.6 is 11.6 Å². The first-order valence-corrected chi connectivity index (χ1v) is 11.3. The molecule has 0 fully saturated rings. The van der Waals surface area contributed by atoms with Gasteiger partial charge in [-0.3, -0.25) is 9.10 Å². The molecule has 1 amide bonds. The standard InChI is InChI=1S/C23H23ClN2O4S/c1-16-11-12-19(31(28,29)26(2)21-9-4-5-10-22(21)30-3)14-20(16)23(27)25-15-17-7-6-8-18(24)13-17/h4-14H,15H2,1-3H3,(H,25,27). The van der Waals surface area contributed by atoms with Gasteiger partial charge in [-0.2, -0.15) is 0 Å². The molecule has 8 heteroatoms. The SMILES string of the molecule is COc1ccccc1N(C)S(=O)(=O)c1ccc(C)c(C(=O)NCc2cccc(Cl)c2)c1. The lowest BCUT2D eigenvalue weighted by molar-refractivity contribution is 0.0950. The van der Waals surface area contributed by atoms with E-state index in [-0.39, 0.29) is 22.9 Å². The molecule has 6 nitrogen and oxygen atoms in total. The maximum absolute atomic E-state index is 13.2. The number of hydrogen-bond acceptors (Lipinski definition) is 4. The predicted molar refractivity (Wildman–Crippen MR) is 122 cm³/mol. The van der Waals surface area contributed by atoms with E-state index in [2.05, 4.69) is 5.32 Å². The zero-order chi connectivity index (χ0) is 22.6. The van der Waals surface area contributed by atoms with E-state index in [4.69, 9.17) is 16.3 Å². The van der Waals surface area contributed by atoms with Crippen LogP contribution in [-0.4, -0.2) is 28.5 Å². The van der Waals surface area contributed by atoms with E-state index in [1.807, 2.05) is 6.07 Å². The number of anilines is 1. The van der Waals surface area contributed by atoms with Crippen LogP contribution in [0.15, 0.2) is 71.6 Å². The summed E-state index contributed by atoms with van der Waals surface area (Å²) in [5.74, 6) is 0.0645. The molecule has 1 N–H and O–H groups in total. The number of rotatable bonds is 7. The van der Waals surface area contributed by atoms with E-state index in [0.29, 0.717) is 22.0 Å². The Morgan fingerprint density at radius 2 is 1.81 bits per heavy atom. The number of aryl methyl sites for hydroxylation is 1. The van der Waals surface area contributed by atoms with Crippen molar-refractivity contribution in [3.63, 3.8) is 0 Å². The molecule has 0 saturated carbocycles. The van der Waals surface area contributed by atoms with Crippen molar-refractivity contribution in [2.75, 3.05) is 18.5 Å². The molecule has 3 aromatic carbocycles. The number of amides is 1. The minimum absolute atomic E-state index is 0.0133. The first kappa shape index (κ1) is 22.7. The summed E-state index contributed by atoms with van der Waals surface area (Å²) in [6, 6.07) is 18.5. The second-order valence-electron chi connectivity index (χ2n) is 6.93. The molecule has 0 unspecified atom stereocenters. The van der Waals surface area contributed by atoms with Crippen molar-refractivity contribution >= 4 is 33.2 Å². The number of nitrogens with one attached hydrogen (secondary N) is 1. The number of nitrogens with zero attached hydrogens (tertiary/aromatic N) is 1. The molecule has 162 valence electrons. The van der Waals surface area contributed by atoms with Crippen molar-refractivity contribution in [1.82, 2.24) is 5.32 Å². The highest BCUT2D eigenvalue weighted by atomic mass is 35.5. The average Bonchev–Trinajstić information content (AvgIpc) is 2.77. The van der Waals surface area contributed by atoms with E-state index in [9.17, 15) is 13.2 Å². The lowest BCUT2D eigenvalue weighted by Gasteiger charge is -2.22. The molecule has 3 rings (SSSR count). The number of para-hydroxylation sites is 2. The van der Waals surface area contributed by atoms with Gasteiger partial charge in [0.2, 0.25) is 0 Å². The van der Waals surface area contributed by atoms with Gasteiger partial charge in [0.1, 0.15) is 5.75 Å². The van der Waals surface area contributed by atoms with Gasteiger partial charge in [-0.15, -0.1) is 0 Å². The van der Waals surface area contributed by atoms with E-state index in [1.165, 1.54) is 26.3 Å². The predicted octanol–water partition coefficient (Wildman–Crippen LogP) is 4.41. The highest BCUT2D eigenvalue weighted by molar-refractivity contribution is 7.92. The van der Waals surface area contributed by atoms with Crippen molar-refractivity contribution < 1.29 is 17.9 Å². The van der Waals surface area contributed by atoms with Gasteiger partial charge in [0.05, 0.1) is 17.7 Å². The second-order valence-corrected chi connectivity index (χ2v) is 9.34. The number of benzene rings is 3. The van der Waals surface area contributed by atoms with Crippen molar-refractivity contribution in [3.05, 3.63) is 88.4 Å². The van der Waals surface area contributed by atoms with Crippen molar-refractivity contribution in [3.8, 4) is 5.75 Å². The minimum atomic E-state index is -3.91. The largest absolute Gasteiger partial charge is 0.495 e. The number of hydrogen-bond donors (Lipinski definition) is 1. The van der Waals surface area contributed by atoms with Crippen LogP contribution in [0.25, 0.3) is 0 Å². The second kappa shape index (κ2) is 9.41. The Morgan fingerprint density at radius 1 is 1.06 bits per heavy atom. The fourth-order valence-electron chi connectivity index (χ4n) is 3.11. The molecule has 0 atom stereocenters. The van der Waals surface area contributed by atoms with E-state index in [0.717, 1.165) is 9.87 Å². The van der Waals surface area contributed by atoms with Gasteiger partial charge in [0.25, 0.3) is 15.9 Å². The fourth-order valence-corrected chi connectivity index (χ4v) is 4.55. The Balaban J connectivity index is 1.87. The van der Waals surface area contributed by atoms with Gasteiger partial charge in [0, 0.05) is 24.2 Å². The van der Waals surface area contributed by atoms with Gasteiger partial charge in [-0.1, -0.05) is 41.9 Å². The molecular formula is C23H23ClN2O4S. The molecule has 31 heavy (non-hydrogen) atoms. The topological polar surface area (TPSA) is 75.7 Å². The first-order valence-electron chi connectivity index (χ1n) is 9.49. The quantitative estimate of drug-likeness (QED) is 0.569. The average molecular weight is 459 g/mol. The third-order valence-corrected chi connectivity index (χ3v) is 6.88. The van der Waals surface area contributed by atoms with Crippen LogP contribution in [0.1, 0.15) is 21.5 Å². The van der Waals surface area contributed by atoms with Crippen LogP contribution in [0, 0.1) is 6.92 Å². The van der Waals surface area contributed by atoms with Crippen LogP contribution < -0.4 is 14.4 Å². The molecule has 0 aliphatic rings. The van der Waals surface area contributed by atoms with Gasteiger partial charge < -0.3 is 10.1 Å². The van der Waals surface area contributed by atoms with E-state index < -0.39 is 10.0 Å². The van der Waals surface area contributed by atoms with Crippen LogP contribution in [0.2, 0.25) is 5.02 Å². The first-order chi connectivity index (χ1) is 14.7. The van der Waals surface area contributed by atoms with Crippen LogP contribution in [0.3, 0.4) is 0 Å². The molecular weight excluding hydrogens is 436 g/mol. The summed E-state index contributed by atoms with van der Waals surface area (Å²) in [4.78, 5) is 12.8. The molecule has 0 aliphatic heterocycles. The molecule has 0 heterocycles. The summed E-state index contributed by atoms with van der Waals surface area (Å²) >= 11 is 5.98. The van der Waals surface area contributed by atoms with Crippen LogP contribution in [0.4, 0.5) is 5.69 Å². The smallest absolute Gasteiger partial charge is 0.264 e. The summed E-state index contributed by atoms with van der Waals surface area (Å²) < 4.78 is 32.9. The van der Waals surface area contributed by atoms with Gasteiger partial charge in [0.15, 0.2) is 0 Å². The highest BCUT2D eigenvalue weighted by Crippen LogP contribution is 2.31. The van der Waals surface area contributed by atoms with E-state index >= 15 is 0 Å². The molecule has 0 aromatic heterocycles. The Morgan fingerprint density at radius 3 is 2.52 bits per heavy atom. The van der Waals surface area contributed by atoms with Gasteiger partial charge in [-0.25, -0.2) is 8.42 Å². The molecule has 0 aliphatic carbocycles. The lowest BCUT2D eigenvalue weighted by atomic mass is 10.1. The number of ether oxygens (including phenoxy) is 1. The third-order valence-electron chi connectivity index (χ3n) is 4.88. The molecule has 0 spiro atoms. The minimum Gasteiger partial charge on any atom is -0.495 e.